The second-order valence-electron chi connectivity index (χ2n) is 7.05. The van der Waals surface area contributed by atoms with Crippen LogP contribution >= 0.6 is 0 Å². The van der Waals surface area contributed by atoms with E-state index in [0.717, 1.165) is 10.6 Å². The van der Waals surface area contributed by atoms with Crippen LogP contribution in [-0.4, -0.2) is 41.3 Å². The summed E-state index contributed by atoms with van der Waals surface area (Å²) in [5.41, 5.74) is 0.840. The molecule has 0 aromatic heterocycles. The number of carbonyl (C=O) groups is 1. The van der Waals surface area contributed by atoms with Crippen molar-refractivity contribution in [2.24, 2.45) is 0 Å². The average molecular weight is 471 g/mol. The van der Waals surface area contributed by atoms with E-state index in [0.29, 0.717) is 28.7 Å². The highest BCUT2D eigenvalue weighted by atomic mass is 32.2. The zero-order valence-corrected chi connectivity index (χ0v) is 19.7. The highest BCUT2D eigenvalue weighted by Gasteiger charge is 2.25. The first-order chi connectivity index (χ1) is 15.8. The number of para-hydroxylation sites is 1. The SMILES string of the molecule is CCN(c1cc(OC)c(OC)cc1C(=O)Nc1ccc(Oc2ccccc2)cc1)S(C)(=O)=O. The highest BCUT2D eigenvalue weighted by Crippen LogP contribution is 2.36. The van der Waals surface area contributed by atoms with Gasteiger partial charge in [-0.3, -0.25) is 9.10 Å². The third-order valence-electron chi connectivity index (χ3n) is 4.79. The third-order valence-corrected chi connectivity index (χ3v) is 6.05. The van der Waals surface area contributed by atoms with Crippen LogP contribution in [0.2, 0.25) is 0 Å². The lowest BCUT2D eigenvalue weighted by Gasteiger charge is -2.24. The van der Waals surface area contributed by atoms with Crippen molar-refractivity contribution >= 4 is 27.3 Å². The molecule has 0 radical (unpaired) electrons. The van der Waals surface area contributed by atoms with Gasteiger partial charge in [0.1, 0.15) is 11.5 Å². The van der Waals surface area contributed by atoms with Crippen LogP contribution in [0.3, 0.4) is 0 Å². The Morgan fingerprint density at radius 3 is 2.03 bits per heavy atom. The second kappa shape index (κ2) is 10.3. The minimum absolute atomic E-state index is 0.129. The molecule has 0 bridgehead atoms. The van der Waals surface area contributed by atoms with Crippen LogP contribution in [0.5, 0.6) is 23.0 Å². The van der Waals surface area contributed by atoms with Gasteiger partial charge in [-0.25, -0.2) is 8.42 Å². The number of benzene rings is 3. The first-order valence-corrected chi connectivity index (χ1v) is 12.0. The lowest BCUT2D eigenvalue weighted by molar-refractivity contribution is 0.102. The van der Waals surface area contributed by atoms with Gasteiger partial charge in [-0.1, -0.05) is 18.2 Å². The Bertz CT molecular complexity index is 1210. The number of carbonyl (C=O) groups excluding carboxylic acids is 1. The molecule has 0 aliphatic carbocycles. The predicted octanol–water partition coefficient (Wildman–Crippen LogP) is 4.53. The summed E-state index contributed by atoms with van der Waals surface area (Å²) in [7, 11) is -0.751. The van der Waals surface area contributed by atoms with Gasteiger partial charge in [0.15, 0.2) is 11.5 Å². The van der Waals surface area contributed by atoms with E-state index in [2.05, 4.69) is 5.32 Å². The molecule has 0 aliphatic heterocycles. The fraction of sp³-hybridized carbons (Fsp3) is 0.208. The van der Waals surface area contributed by atoms with Crippen molar-refractivity contribution in [3.8, 4) is 23.0 Å². The van der Waals surface area contributed by atoms with E-state index in [-0.39, 0.29) is 17.8 Å². The standard InChI is InChI=1S/C24H26N2O6S/c1-5-26(33(4,28)29)21-16-23(31-3)22(30-2)15-20(21)24(27)25-17-11-13-19(14-12-17)32-18-9-7-6-8-10-18/h6-16H,5H2,1-4H3,(H,25,27). The van der Waals surface area contributed by atoms with Crippen molar-refractivity contribution in [1.82, 2.24) is 0 Å². The smallest absolute Gasteiger partial charge is 0.257 e. The van der Waals surface area contributed by atoms with Gasteiger partial charge in [-0.2, -0.15) is 0 Å². The van der Waals surface area contributed by atoms with Crippen LogP contribution in [0.25, 0.3) is 0 Å². The largest absolute Gasteiger partial charge is 0.493 e. The highest BCUT2D eigenvalue weighted by molar-refractivity contribution is 7.92. The van der Waals surface area contributed by atoms with Gasteiger partial charge >= 0.3 is 0 Å². The Balaban J connectivity index is 1.90. The lowest BCUT2D eigenvalue weighted by atomic mass is 10.1. The lowest BCUT2D eigenvalue weighted by Crippen LogP contribution is -2.31. The molecular weight excluding hydrogens is 444 g/mol. The van der Waals surface area contributed by atoms with Crippen LogP contribution in [0, 0.1) is 0 Å². The Morgan fingerprint density at radius 2 is 1.48 bits per heavy atom. The molecule has 0 atom stereocenters. The number of amides is 1. The molecule has 9 heteroatoms. The average Bonchev–Trinajstić information content (AvgIpc) is 2.80. The number of methoxy groups -OCH3 is 2. The minimum atomic E-state index is -3.64. The number of ether oxygens (including phenoxy) is 3. The topological polar surface area (TPSA) is 94.2 Å². The van der Waals surface area contributed by atoms with Crippen LogP contribution in [-0.2, 0) is 10.0 Å². The van der Waals surface area contributed by atoms with Crippen LogP contribution in [0.4, 0.5) is 11.4 Å². The fourth-order valence-electron chi connectivity index (χ4n) is 3.27. The summed E-state index contributed by atoms with van der Waals surface area (Å²) in [6.07, 6.45) is 1.08. The number of anilines is 2. The second-order valence-corrected chi connectivity index (χ2v) is 8.95. The molecule has 0 spiro atoms. The zero-order valence-electron chi connectivity index (χ0n) is 18.9. The molecule has 3 aromatic carbocycles. The summed E-state index contributed by atoms with van der Waals surface area (Å²) in [4.78, 5) is 13.2. The third kappa shape index (κ3) is 5.75. The first kappa shape index (κ1) is 23.9. The number of hydrogen-bond acceptors (Lipinski definition) is 6. The molecule has 0 unspecified atom stereocenters. The summed E-state index contributed by atoms with van der Waals surface area (Å²) >= 11 is 0. The van der Waals surface area contributed by atoms with E-state index in [4.69, 9.17) is 14.2 Å². The zero-order chi connectivity index (χ0) is 24.0. The summed E-state index contributed by atoms with van der Waals surface area (Å²) in [5, 5.41) is 2.80. The molecule has 0 saturated carbocycles. The Labute approximate surface area is 193 Å². The Morgan fingerprint density at radius 1 is 0.909 bits per heavy atom. The van der Waals surface area contributed by atoms with Gasteiger partial charge in [0.2, 0.25) is 10.0 Å². The monoisotopic (exact) mass is 470 g/mol. The van der Waals surface area contributed by atoms with Crippen molar-refractivity contribution in [2.75, 3.05) is 36.6 Å². The number of nitrogens with one attached hydrogen (secondary N) is 1. The number of hydrogen-bond donors (Lipinski definition) is 1. The van der Waals surface area contributed by atoms with Crippen molar-refractivity contribution in [3.63, 3.8) is 0 Å². The Kier molecular flexibility index (Phi) is 7.44. The normalized spacial score (nSPS) is 10.9. The molecule has 3 rings (SSSR count). The van der Waals surface area contributed by atoms with Gasteiger partial charge < -0.3 is 19.5 Å². The summed E-state index contributed by atoms with van der Waals surface area (Å²) in [6.45, 7) is 1.82. The van der Waals surface area contributed by atoms with Crippen molar-refractivity contribution in [3.05, 3.63) is 72.3 Å². The number of rotatable bonds is 9. The molecule has 0 fully saturated rings. The van der Waals surface area contributed by atoms with E-state index in [9.17, 15) is 13.2 Å². The van der Waals surface area contributed by atoms with Crippen molar-refractivity contribution < 1.29 is 27.4 Å². The minimum Gasteiger partial charge on any atom is -0.493 e. The number of nitrogens with zero attached hydrogens (tertiary/aromatic N) is 1. The molecule has 33 heavy (non-hydrogen) atoms. The molecule has 1 amide bonds. The van der Waals surface area contributed by atoms with Gasteiger partial charge in [0, 0.05) is 18.3 Å². The molecule has 0 heterocycles. The maximum Gasteiger partial charge on any atom is 0.257 e. The fourth-order valence-corrected chi connectivity index (χ4v) is 4.25. The van der Waals surface area contributed by atoms with Crippen molar-refractivity contribution in [2.45, 2.75) is 6.92 Å². The van der Waals surface area contributed by atoms with Crippen molar-refractivity contribution in [1.29, 1.82) is 0 Å². The van der Waals surface area contributed by atoms with Crippen LogP contribution < -0.4 is 23.8 Å². The molecule has 174 valence electrons. The molecule has 0 aliphatic rings. The molecule has 0 saturated heterocycles. The van der Waals surface area contributed by atoms with Gasteiger partial charge in [0.05, 0.1) is 31.7 Å². The predicted molar refractivity (Wildman–Crippen MR) is 128 cm³/mol. The van der Waals surface area contributed by atoms with E-state index in [1.54, 1.807) is 31.2 Å². The number of sulfonamides is 1. The van der Waals surface area contributed by atoms with E-state index >= 15 is 0 Å². The summed E-state index contributed by atoms with van der Waals surface area (Å²) in [6, 6.07) is 19.1. The molecule has 8 nitrogen and oxygen atoms in total. The molecular formula is C24H26N2O6S. The summed E-state index contributed by atoms with van der Waals surface area (Å²) < 4.78 is 42.2. The van der Waals surface area contributed by atoms with Gasteiger partial charge in [-0.05, 0) is 49.4 Å². The maximum absolute atomic E-state index is 13.2. The van der Waals surface area contributed by atoms with Gasteiger partial charge in [0.25, 0.3) is 5.91 Å². The van der Waals surface area contributed by atoms with Gasteiger partial charge in [-0.15, -0.1) is 0 Å². The Hall–Kier alpha value is -3.72. The summed E-state index contributed by atoms with van der Waals surface area (Å²) in [5.74, 6) is 1.44. The quantitative estimate of drug-likeness (QED) is 0.494. The van der Waals surface area contributed by atoms with E-state index in [1.807, 2.05) is 30.3 Å². The van der Waals surface area contributed by atoms with E-state index in [1.165, 1.54) is 26.4 Å². The van der Waals surface area contributed by atoms with Crippen LogP contribution in [0.15, 0.2) is 66.7 Å². The molecule has 3 aromatic rings. The first-order valence-electron chi connectivity index (χ1n) is 10.1. The molecule has 1 N–H and O–H groups in total. The maximum atomic E-state index is 13.2. The van der Waals surface area contributed by atoms with Crippen LogP contribution in [0.1, 0.15) is 17.3 Å². The van der Waals surface area contributed by atoms with E-state index < -0.39 is 15.9 Å².